The number of aryl methyl sites for hydroxylation is 2. The number of benzene rings is 1. The molecule has 3 rings (SSSR count). The molecule has 0 saturated heterocycles. The second-order valence-corrected chi connectivity index (χ2v) is 6.09. The summed E-state index contributed by atoms with van der Waals surface area (Å²) in [7, 11) is 1.72. The second kappa shape index (κ2) is 6.96. The van der Waals surface area contributed by atoms with Crippen LogP contribution in [0.4, 0.5) is 10.5 Å². The van der Waals surface area contributed by atoms with Gasteiger partial charge >= 0.3 is 12.0 Å². The largest absolute Gasteiger partial charge is 0.461 e. The fourth-order valence-corrected chi connectivity index (χ4v) is 2.97. The quantitative estimate of drug-likeness (QED) is 0.870. The predicted octanol–water partition coefficient (Wildman–Crippen LogP) is 2.50. The van der Waals surface area contributed by atoms with Crippen LogP contribution in [0.5, 0.6) is 0 Å². The number of amides is 2. The number of aromatic nitrogens is 2. The lowest BCUT2D eigenvalue weighted by molar-refractivity contribution is 0.0511. The number of hydrogen-bond acceptors (Lipinski definition) is 4. The Morgan fingerprint density at radius 1 is 1.28 bits per heavy atom. The van der Waals surface area contributed by atoms with Gasteiger partial charge in [-0.25, -0.2) is 9.59 Å². The van der Waals surface area contributed by atoms with Crippen LogP contribution in [-0.2, 0) is 24.8 Å². The predicted molar refractivity (Wildman–Crippen MR) is 93.5 cm³/mol. The Morgan fingerprint density at radius 3 is 2.68 bits per heavy atom. The summed E-state index contributed by atoms with van der Waals surface area (Å²) < 4.78 is 6.66. The van der Waals surface area contributed by atoms with Crippen molar-refractivity contribution in [3.63, 3.8) is 0 Å². The van der Waals surface area contributed by atoms with Crippen LogP contribution in [0.2, 0.25) is 0 Å². The number of urea groups is 1. The van der Waals surface area contributed by atoms with Crippen molar-refractivity contribution < 1.29 is 14.3 Å². The highest BCUT2D eigenvalue weighted by molar-refractivity contribution is 5.91. The maximum absolute atomic E-state index is 12.5. The summed E-state index contributed by atoms with van der Waals surface area (Å²) in [4.78, 5) is 26.4. The average molecular weight is 342 g/mol. The Kier molecular flexibility index (Phi) is 4.74. The Balaban J connectivity index is 1.76. The fourth-order valence-electron chi connectivity index (χ4n) is 2.97. The van der Waals surface area contributed by atoms with Gasteiger partial charge in [-0.05, 0) is 26.0 Å². The third-order valence-corrected chi connectivity index (χ3v) is 4.25. The van der Waals surface area contributed by atoms with E-state index in [1.807, 2.05) is 31.2 Å². The monoisotopic (exact) mass is 342 g/mol. The number of carbonyl (C=O) groups excluding carboxylic acids is 2. The standard InChI is InChI=1S/C18H22N4O3/c1-4-25-17(23)16-14-11-22(10-9-15(14)20-21(16)3)18(24)19-13-7-5-12(2)6-8-13/h5-8H,4,9-11H2,1-3H3,(H,19,24). The molecule has 2 amide bonds. The van der Waals surface area contributed by atoms with Gasteiger partial charge in [-0.15, -0.1) is 0 Å². The molecule has 0 radical (unpaired) electrons. The van der Waals surface area contributed by atoms with Gasteiger partial charge in [0.2, 0.25) is 0 Å². The zero-order valence-corrected chi connectivity index (χ0v) is 14.7. The number of fused-ring (bicyclic) bond motifs is 1. The normalized spacial score (nSPS) is 13.3. The number of rotatable bonds is 3. The SMILES string of the molecule is CCOC(=O)c1c2c(nn1C)CCN(C(=O)Nc1ccc(C)cc1)C2. The molecule has 2 heterocycles. The van der Waals surface area contributed by atoms with Crippen LogP contribution >= 0.6 is 0 Å². The molecule has 0 bridgehead atoms. The molecule has 1 aromatic carbocycles. The number of anilines is 1. The molecule has 7 nitrogen and oxygen atoms in total. The molecule has 1 aromatic heterocycles. The van der Waals surface area contributed by atoms with Crippen molar-refractivity contribution in [1.82, 2.24) is 14.7 Å². The van der Waals surface area contributed by atoms with E-state index in [1.54, 1.807) is 23.6 Å². The van der Waals surface area contributed by atoms with Crippen LogP contribution < -0.4 is 5.32 Å². The first-order valence-corrected chi connectivity index (χ1v) is 8.34. The van der Waals surface area contributed by atoms with E-state index in [9.17, 15) is 9.59 Å². The Hall–Kier alpha value is -2.83. The number of nitrogens with one attached hydrogen (secondary N) is 1. The molecule has 25 heavy (non-hydrogen) atoms. The molecule has 7 heteroatoms. The summed E-state index contributed by atoms with van der Waals surface area (Å²) in [5.41, 5.74) is 3.93. The lowest BCUT2D eigenvalue weighted by atomic mass is 10.1. The van der Waals surface area contributed by atoms with Crippen molar-refractivity contribution in [3.8, 4) is 0 Å². The molecule has 0 fully saturated rings. The fraction of sp³-hybridized carbons (Fsp3) is 0.389. The number of carbonyl (C=O) groups is 2. The van der Waals surface area contributed by atoms with Gasteiger partial charge in [0.1, 0.15) is 0 Å². The van der Waals surface area contributed by atoms with Crippen molar-refractivity contribution in [1.29, 1.82) is 0 Å². The molecule has 0 saturated carbocycles. The zero-order valence-electron chi connectivity index (χ0n) is 14.7. The minimum atomic E-state index is -0.403. The van der Waals surface area contributed by atoms with E-state index in [0.717, 1.165) is 22.5 Å². The van der Waals surface area contributed by atoms with Gasteiger partial charge < -0.3 is 15.0 Å². The van der Waals surface area contributed by atoms with E-state index >= 15 is 0 Å². The number of ether oxygens (including phenoxy) is 1. The molecule has 132 valence electrons. The number of nitrogens with zero attached hydrogens (tertiary/aromatic N) is 3. The van der Waals surface area contributed by atoms with E-state index in [2.05, 4.69) is 10.4 Å². The minimum Gasteiger partial charge on any atom is -0.461 e. The van der Waals surface area contributed by atoms with Crippen LogP contribution in [0.1, 0.15) is 34.2 Å². The topological polar surface area (TPSA) is 76.5 Å². The van der Waals surface area contributed by atoms with Crippen molar-refractivity contribution in [2.45, 2.75) is 26.8 Å². The first-order valence-electron chi connectivity index (χ1n) is 8.34. The molecular weight excluding hydrogens is 320 g/mol. The smallest absolute Gasteiger partial charge is 0.356 e. The highest BCUT2D eigenvalue weighted by Gasteiger charge is 2.30. The van der Waals surface area contributed by atoms with E-state index < -0.39 is 5.97 Å². The lowest BCUT2D eigenvalue weighted by Crippen LogP contribution is -2.39. The van der Waals surface area contributed by atoms with E-state index in [0.29, 0.717) is 31.8 Å². The summed E-state index contributed by atoms with van der Waals surface area (Å²) in [5.74, 6) is -0.403. The summed E-state index contributed by atoms with van der Waals surface area (Å²) in [5, 5.41) is 7.29. The average Bonchev–Trinajstić information content (AvgIpc) is 2.92. The molecule has 2 aromatic rings. The Morgan fingerprint density at radius 2 is 2.00 bits per heavy atom. The molecule has 1 aliphatic heterocycles. The molecule has 0 unspecified atom stereocenters. The summed E-state index contributed by atoms with van der Waals surface area (Å²) in [6.07, 6.45) is 0.615. The summed E-state index contributed by atoms with van der Waals surface area (Å²) >= 11 is 0. The van der Waals surface area contributed by atoms with Gasteiger partial charge in [0.25, 0.3) is 0 Å². The third-order valence-electron chi connectivity index (χ3n) is 4.25. The molecule has 0 atom stereocenters. The lowest BCUT2D eigenvalue weighted by Gasteiger charge is -2.27. The molecule has 1 aliphatic rings. The van der Waals surface area contributed by atoms with Crippen LogP contribution in [0.15, 0.2) is 24.3 Å². The zero-order chi connectivity index (χ0) is 18.0. The van der Waals surface area contributed by atoms with Crippen LogP contribution in [0.25, 0.3) is 0 Å². The van der Waals surface area contributed by atoms with Crippen molar-refractivity contribution in [3.05, 3.63) is 46.8 Å². The minimum absolute atomic E-state index is 0.187. The van der Waals surface area contributed by atoms with Gasteiger partial charge in [-0.3, -0.25) is 4.68 Å². The van der Waals surface area contributed by atoms with E-state index in [-0.39, 0.29) is 6.03 Å². The molecule has 1 N–H and O–H groups in total. The third kappa shape index (κ3) is 3.50. The van der Waals surface area contributed by atoms with E-state index in [4.69, 9.17) is 4.74 Å². The highest BCUT2D eigenvalue weighted by Crippen LogP contribution is 2.23. The first-order chi connectivity index (χ1) is 12.0. The summed E-state index contributed by atoms with van der Waals surface area (Å²) in [6, 6.07) is 7.45. The van der Waals surface area contributed by atoms with Crippen LogP contribution in [0.3, 0.4) is 0 Å². The van der Waals surface area contributed by atoms with Crippen molar-refractivity contribution >= 4 is 17.7 Å². The van der Waals surface area contributed by atoms with Crippen molar-refractivity contribution in [2.75, 3.05) is 18.5 Å². The molecule has 0 aliphatic carbocycles. The Bertz CT molecular complexity index is 795. The van der Waals surface area contributed by atoms with Gasteiger partial charge in [0, 0.05) is 31.3 Å². The molecule has 0 spiro atoms. The van der Waals surface area contributed by atoms with Crippen molar-refractivity contribution in [2.24, 2.45) is 7.05 Å². The van der Waals surface area contributed by atoms with Gasteiger partial charge in [-0.1, -0.05) is 17.7 Å². The van der Waals surface area contributed by atoms with E-state index in [1.165, 1.54) is 0 Å². The number of hydrogen-bond donors (Lipinski definition) is 1. The first kappa shape index (κ1) is 17.0. The van der Waals surface area contributed by atoms with Gasteiger partial charge in [0.15, 0.2) is 5.69 Å². The Labute approximate surface area is 146 Å². The highest BCUT2D eigenvalue weighted by atomic mass is 16.5. The maximum Gasteiger partial charge on any atom is 0.356 e. The maximum atomic E-state index is 12.5. The van der Waals surface area contributed by atoms with Crippen LogP contribution in [-0.4, -0.2) is 39.8 Å². The second-order valence-electron chi connectivity index (χ2n) is 6.09. The van der Waals surface area contributed by atoms with Crippen LogP contribution in [0, 0.1) is 6.92 Å². The molecular formula is C18H22N4O3. The number of esters is 1. The van der Waals surface area contributed by atoms with Gasteiger partial charge in [0.05, 0.1) is 18.8 Å². The summed E-state index contributed by atoms with van der Waals surface area (Å²) in [6.45, 7) is 4.97. The van der Waals surface area contributed by atoms with Gasteiger partial charge in [-0.2, -0.15) is 5.10 Å².